The van der Waals surface area contributed by atoms with Crippen LogP contribution in [-0.2, 0) is 0 Å². The van der Waals surface area contributed by atoms with Gasteiger partial charge in [0, 0.05) is 12.6 Å². The van der Waals surface area contributed by atoms with Crippen molar-refractivity contribution in [3.63, 3.8) is 0 Å². The van der Waals surface area contributed by atoms with Gasteiger partial charge in [-0.3, -0.25) is 0 Å². The first-order chi connectivity index (χ1) is 8.26. The lowest BCUT2D eigenvalue weighted by molar-refractivity contribution is 0.0992. The van der Waals surface area contributed by atoms with Crippen LogP contribution in [0.4, 0.5) is 0 Å². The molecular weight excluding hydrogens is 218 g/mol. The first-order valence-corrected chi connectivity index (χ1v) is 6.00. The first-order valence-electron chi connectivity index (χ1n) is 6.00. The molecule has 1 unspecified atom stereocenters. The zero-order chi connectivity index (χ0) is 12.5. The Balaban J connectivity index is 2.42. The molecule has 0 fully saturated rings. The van der Waals surface area contributed by atoms with Crippen LogP contribution in [0, 0.1) is 0 Å². The van der Waals surface area contributed by atoms with Crippen LogP contribution in [-0.4, -0.2) is 31.0 Å². The highest BCUT2D eigenvalue weighted by molar-refractivity contribution is 5.32. The molecule has 0 saturated carbocycles. The zero-order valence-electron chi connectivity index (χ0n) is 10.3. The van der Waals surface area contributed by atoms with Crippen LogP contribution in [0.5, 0.6) is 11.5 Å². The van der Waals surface area contributed by atoms with E-state index in [0.29, 0.717) is 25.5 Å². The first kappa shape index (κ1) is 13.8. The lowest BCUT2D eigenvalue weighted by Gasteiger charge is -2.12. The molecule has 1 rings (SSSR count). The molecule has 1 atom stereocenters. The second-order valence-corrected chi connectivity index (χ2v) is 3.87. The number of benzene rings is 1. The summed E-state index contributed by atoms with van der Waals surface area (Å²) in [5.74, 6) is 1.44. The Bertz CT molecular complexity index is 317. The third kappa shape index (κ3) is 5.56. The average molecular weight is 239 g/mol. The zero-order valence-corrected chi connectivity index (χ0v) is 10.3. The van der Waals surface area contributed by atoms with Crippen molar-refractivity contribution in [2.75, 3.05) is 19.8 Å². The smallest absolute Gasteiger partial charge is 0.123 e. The van der Waals surface area contributed by atoms with Crippen LogP contribution in [0.25, 0.3) is 0 Å². The Hall–Kier alpha value is -1.26. The summed E-state index contributed by atoms with van der Waals surface area (Å²) in [5.41, 5.74) is 5.36. The molecule has 4 nitrogen and oxygen atoms in total. The van der Waals surface area contributed by atoms with E-state index in [1.807, 2.05) is 25.1 Å². The topological polar surface area (TPSA) is 64.7 Å². The van der Waals surface area contributed by atoms with Crippen LogP contribution in [0.15, 0.2) is 24.3 Å². The van der Waals surface area contributed by atoms with Crippen molar-refractivity contribution < 1.29 is 14.6 Å². The van der Waals surface area contributed by atoms with E-state index in [1.54, 1.807) is 6.07 Å². The van der Waals surface area contributed by atoms with E-state index in [1.165, 1.54) is 0 Å². The molecule has 0 aliphatic carbocycles. The monoisotopic (exact) mass is 239 g/mol. The van der Waals surface area contributed by atoms with Crippen molar-refractivity contribution in [3.05, 3.63) is 24.3 Å². The average Bonchev–Trinajstić information content (AvgIpc) is 2.35. The summed E-state index contributed by atoms with van der Waals surface area (Å²) >= 11 is 0. The maximum absolute atomic E-state index is 9.55. The van der Waals surface area contributed by atoms with E-state index in [4.69, 9.17) is 15.2 Å². The summed E-state index contributed by atoms with van der Waals surface area (Å²) in [5, 5.41) is 9.55. The molecule has 4 heteroatoms. The summed E-state index contributed by atoms with van der Waals surface area (Å²) in [7, 11) is 0. The van der Waals surface area contributed by atoms with Crippen molar-refractivity contribution >= 4 is 0 Å². The molecule has 0 heterocycles. The lowest BCUT2D eigenvalue weighted by Crippen LogP contribution is -2.17. The second-order valence-electron chi connectivity index (χ2n) is 3.87. The van der Waals surface area contributed by atoms with Crippen molar-refractivity contribution in [1.29, 1.82) is 0 Å². The maximum Gasteiger partial charge on any atom is 0.123 e. The Morgan fingerprint density at radius 3 is 2.65 bits per heavy atom. The molecule has 0 amide bonds. The normalized spacial score (nSPS) is 12.2. The predicted octanol–water partition coefficient (Wildman–Crippen LogP) is 1.56. The van der Waals surface area contributed by atoms with E-state index in [9.17, 15) is 5.11 Å². The van der Waals surface area contributed by atoms with E-state index in [0.717, 1.165) is 18.6 Å². The molecule has 0 bridgehead atoms. The number of ether oxygens (including phenoxy) is 2. The maximum atomic E-state index is 9.55. The highest BCUT2D eigenvalue weighted by atomic mass is 16.5. The molecule has 1 aromatic carbocycles. The summed E-state index contributed by atoms with van der Waals surface area (Å²) in [6.07, 6.45) is 1.29. The van der Waals surface area contributed by atoms with Gasteiger partial charge in [0.05, 0.1) is 6.10 Å². The Morgan fingerprint density at radius 2 is 2.00 bits per heavy atom. The SMILES string of the molecule is CCCC(O)COc1cccc(OCCN)c1. The van der Waals surface area contributed by atoms with Gasteiger partial charge in [-0.2, -0.15) is 0 Å². The predicted molar refractivity (Wildman–Crippen MR) is 67.4 cm³/mol. The Morgan fingerprint density at radius 1 is 1.29 bits per heavy atom. The standard InChI is InChI=1S/C13H21NO3/c1-2-4-11(15)10-17-13-6-3-5-12(9-13)16-8-7-14/h3,5-6,9,11,15H,2,4,7-8,10,14H2,1H3. The number of hydrogen-bond acceptors (Lipinski definition) is 4. The number of aliphatic hydroxyl groups excluding tert-OH is 1. The summed E-state index contributed by atoms with van der Waals surface area (Å²) < 4.78 is 10.9. The van der Waals surface area contributed by atoms with Gasteiger partial charge in [-0.1, -0.05) is 19.4 Å². The Labute approximate surface area is 102 Å². The van der Waals surface area contributed by atoms with Crippen LogP contribution in [0.3, 0.4) is 0 Å². The highest BCUT2D eigenvalue weighted by Gasteiger charge is 2.04. The lowest BCUT2D eigenvalue weighted by atomic mass is 10.2. The quantitative estimate of drug-likeness (QED) is 0.722. The summed E-state index contributed by atoms with van der Waals surface area (Å²) in [4.78, 5) is 0. The highest BCUT2D eigenvalue weighted by Crippen LogP contribution is 2.19. The van der Waals surface area contributed by atoms with Crippen LogP contribution in [0.2, 0.25) is 0 Å². The molecule has 3 N–H and O–H groups in total. The molecule has 0 radical (unpaired) electrons. The van der Waals surface area contributed by atoms with Crippen LogP contribution in [0.1, 0.15) is 19.8 Å². The molecule has 0 saturated heterocycles. The molecule has 1 aromatic rings. The van der Waals surface area contributed by atoms with Gasteiger partial charge in [0.15, 0.2) is 0 Å². The minimum Gasteiger partial charge on any atom is -0.492 e. The fourth-order valence-corrected chi connectivity index (χ4v) is 1.44. The minimum absolute atomic E-state index is 0.314. The number of aliphatic hydroxyl groups is 1. The number of hydrogen-bond donors (Lipinski definition) is 2. The van der Waals surface area contributed by atoms with Gasteiger partial charge in [-0.05, 0) is 18.6 Å². The van der Waals surface area contributed by atoms with E-state index < -0.39 is 6.10 Å². The van der Waals surface area contributed by atoms with Gasteiger partial charge in [0.2, 0.25) is 0 Å². The fourth-order valence-electron chi connectivity index (χ4n) is 1.44. The molecule has 0 aliphatic rings. The third-order valence-corrected chi connectivity index (χ3v) is 2.26. The minimum atomic E-state index is -0.409. The molecule has 96 valence electrons. The fraction of sp³-hybridized carbons (Fsp3) is 0.538. The van der Waals surface area contributed by atoms with Crippen molar-refractivity contribution in [1.82, 2.24) is 0 Å². The third-order valence-electron chi connectivity index (χ3n) is 2.26. The molecular formula is C13H21NO3. The molecule has 0 aliphatic heterocycles. The van der Waals surface area contributed by atoms with Gasteiger partial charge in [0.25, 0.3) is 0 Å². The van der Waals surface area contributed by atoms with Crippen molar-refractivity contribution in [2.45, 2.75) is 25.9 Å². The Kier molecular flexibility index (Phi) is 6.43. The number of nitrogens with two attached hydrogens (primary N) is 1. The van der Waals surface area contributed by atoms with Crippen molar-refractivity contribution in [3.8, 4) is 11.5 Å². The van der Waals surface area contributed by atoms with Gasteiger partial charge >= 0.3 is 0 Å². The number of rotatable bonds is 8. The van der Waals surface area contributed by atoms with Crippen LogP contribution >= 0.6 is 0 Å². The largest absolute Gasteiger partial charge is 0.492 e. The van der Waals surface area contributed by atoms with E-state index in [2.05, 4.69) is 0 Å². The van der Waals surface area contributed by atoms with Crippen LogP contribution < -0.4 is 15.2 Å². The molecule has 0 aromatic heterocycles. The van der Waals surface area contributed by atoms with E-state index >= 15 is 0 Å². The van der Waals surface area contributed by atoms with Gasteiger partial charge in [0.1, 0.15) is 24.7 Å². The van der Waals surface area contributed by atoms with E-state index in [-0.39, 0.29) is 0 Å². The van der Waals surface area contributed by atoms with Crippen molar-refractivity contribution in [2.24, 2.45) is 5.73 Å². The van der Waals surface area contributed by atoms with Gasteiger partial charge < -0.3 is 20.3 Å². The summed E-state index contributed by atoms with van der Waals surface area (Å²) in [6, 6.07) is 7.35. The molecule has 17 heavy (non-hydrogen) atoms. The molecule has 0 spiro atoms. The summed E-state index contributed by atoms with van der Waals surface area (Å²) in [6.45, 7) is 3.32. The second kappa shape index (κ2) is 7.92. The van der Waals surface area contributed by atoms with Gasteiger partial charge in [-0.25, -0.2) is 0 Å². The van der Waals surface area contributed by atoms with Gasteiger partial charge in [-0.15, -0.1) is 0 Å².